The normalized spacial score (nSPS) is 9.64. The maximum atomic E-state index is 10.5. The van der Waals surface area contributed by atoms with Gasteiger partial charge in [-0.25, -0.2) is 9.97 Å². The SMILES string of the molecule is NC(=O)c1ncc(Cl)c(Cl)n1. The summed E-state index contributed by atoms with van der Waals surface area (Å²) < 4.78 is 0. The predicted octanol–water partition coefficient (Wildman–Crippen LogP) is 0.882. The molecule has 58 valence electrons. The molecule has 1 aromatic rings. The molecule has 4 nitrogen and oxygen atoms in total. The van der Waals surface area contributed by atoms with E-state index in [2.05, 4.69) is 9.97 Å². The molecular formula is C5H3Cl2N3O. The van der Waals surface area contributed by atoms with E-state index >= 15 is 0 Å². The Kier molecular flexibility index (Phi) is 2.26. The quantitative estimate of drug-likeness (QED) is 0.671. The second-order valence-electron chi connectivity index (χ2n) is 1.70. The van der Waals surface area contributed by atoms with Crippen LogP contribution in [0.15, 0.2) is 6.20 Å². The van der Waals surface area contributed by atoms with Crippen molar-refractivity contribution in [3.8, 4) is 0 Å². The highest BCUT2D eigenvalue weighted by molar-refractivity contribution is 6.41. The van der Waals surface area contributed by atoms with Crippen LogP contribution in [0.3, 0.4) is 0 Å². The summed E-state index contributed by atoms with van der Waals surface area (Å²) in [7, 11) is 0. The van der Waals surface area contributed by atoms with Gasteiger partial charge in [-0.1, -0.05) is 23.2 Å². The number of nitrogens with zero attached hydrogens (tertiary/aromatic N) is 2. The second kappa shape index (κ2) is 3.02. The summed E-state index contributed by atoms with van der Waals surface area (Å²) in [5, 5.41) is 0.215. The van der Waals surface area contributed by atoms with E-state index in [4.69, 9.17) is 28.9 Å². The molecule has 0 unspecified atom stereocenters. The zero-order valence-electron chi connectivity index (χ0n) is 5.21. The molecule has 0 aliphatic heterocycles. The fourth-order valence-corrected chi connectivity index (χ4v) is 0.685. The number of carbonyl (C=O) groups is 1. The molecule has 1 aromatic heterocycles. The van der Waals surface area contributed by atoms with Gasteiger partial charge >= 0.3 is 0 Å². The summed E-state index contributed by atoms with van der Waals surface area (Å²) >= 11 is 10.9. The van der Waals surface area contributed by atoms with Crippen molar-refractivity contribution in [2.75, 3.05) is 0 Å². The summed E-state index contributed by atoms with van der Waals surface area (Å²) in [4.78, 5) is 17.5. The number of amides is 1. The maximum absolute atomic E-state index is 10.5. The smallest absolute Gasteiger partial charge is 0.286 e. The standard InChI is InChI=1S/C5H3Cl2N3O/c6-2-1-9-5(4(8)11)10-3(2)7/h1H,(H2,8,11). The monoisotopic (exact) mass is 191 g/mol. The van der Waals surface area contributed by atoms with Gasteiger partial charge in [-0.15, -0.1) is 0 Å². The largest absolute Gasteiger partial charge is 0.363 e. The van der Waals surface area contributed by atoms with E-state index in [0.29, 0.717) is 0 Å². The third-order valence-corrected chi connectivity index (χ3v) is 1.58. The van der Waals surface area contributed by atoms with E-state index in [-0.39, 0.29) is 16.0 Å². The van der Waals surface area contributed by atoms with Crippen LogP contribution < -0.4 is 5.73 Å². The summed E-state index contributed by atoms with van der Waals surface area (Å²) in [5.74, 6) is -0.872. The van der Waals surface area contributed by atoms with Gasteiger partial charge in [0.15, 0.2) is 5.15 Å². The highest BCUT2D eigenvalue weighted by atomic mass is 35.5. The van der Waals surface area contributed by atoms with Crippen LogP contribution in [0, 0.1) is 0 Å². The predicted molar refractivity (Wildman–Crippen MR) is 40.6 cm³/mol. The van der Waals surface area contributed by atoms with Crippen molar-refractivity contribution >= 4 is 29.1 Å². The van der Waals surface area contributed by atoms with Gasteiger partial charge in [0.05, 0.1) is 11.2 Å². The molecule has 2 N–H and O–H groups in total. The van der Waals surface area contributed by atoms with Crippen LogP contribution in [-0.4, -0.2) is 15.9 Å². The lowest BCUT2D eigenvalue weighted by Crippen LogP contribution is -2.15. The van der Waals surface area contributed by atoms with Gasteiger partial charge in [0.25, 0.3) is 5.91 Å². The zero-order valence-corrected chi connectivity index (χ0v) is 6.73. The van der Waals surface area contributed by atoms with Crippen molar-refractivity contribution in [3.63, 3.8) is 0 Å². The van der Waals surface area contributed by atoms with E-state index in [1.165, 1.54) is 6.20 Å². The van der Waals surface area contributed by atoms with Crippen LogP contribution in [0.25, 0.3) is 0 Å². The van der Waals surface area contributed by atoms with Crippen LogP contribution in [0.4, 0.5) is 0 Å². The van der Waals surface area contributed by atoms with Crippen molar-refractivity contribution < 1.29 is 4.79 Å². The summed E-state index contributed by atoms with van der Waals surface area (Å²) in [6, 6.07) is 0. The van der Waals surface area contributed by atoms with Crippen LogP contribution in [0.2, 0.25) is 10.2 Å². The molecule has 0 fully saturated rings. The Labute approximate surface area is 72.3 Å². The first-order valence-corrected chi connectivity index (χ1v) is 3.34. The van der Waals surface area contributed by atoms with E-state index < -0.39 is 5.91 Å². The molecule has 0 atom stereocenters. The summed E-state index contributed by atoms with van der Waals surface area (Å²) in [6.45, 7) is 0. The number of carbonyl (C=O) groups excluding carboxylic acids is 1. The van der Waals surface area contributed by atoms with Crippen molar-refractivity contribution in [2.45, 2.75) is 0 Å². The Balaban J connectivity index is 3.15. The first-order chi connectivity index (χ1) is 5.11. The molecule has 0 aliphatic carbocycles. The lowest BCUT2D eigenvalue weighted by molar-refractivity contribution is 0.0990. The molecule has 1 heterocycles. The first-order valence-electron chi connectivity index (χ1n) is 2.59. The average molecular weight is 192 g/mol. The topological polar surface area (TPSA) is 68.9 Å². The molecule has 0 spiro atoms. The molecule has 1 rings (SSSR count). The molecular weight excluding hydrogens is 189 g/mol. The van der Waals surface area contributed by atoms with Gasteiger partial charge in [-0.05, 0) is 0 Å². The van der Waals surface area contributed by atoms with E-state index in [1.807, 2.05) is 0 Å². The van der Waals surface area contributed by atoms with E-state index in [9.17, 15) is 4.79 Å². The van der Waals surface area contributed by atoms with E-state index in [0.717, 1.165) is 0 Å². The number of aromatic nitrogens is 2. The molecule has 1 amide bonds. The number of rotatable bonds is 1. The van der Waals surface area contributed by atoms with Crippen LogP contribution in [0.1, 0.15) is 10.6 Å². The lowest BCUT2D eigenvalue weighted by Gasteiger charge is -1.94. The zero-order chi connectivity index (χ0) is 8.43. The van der Waals surface area contributed by atoms with Gasteiger partial charge in [0.2, 0.25) is 5.82 Å². The van der Waals surface area contributed by atoms with Gasteiger partial charge in [0.1, 0.15) is 0 Å². The van der Waals surface area contributed by atoms with E-state index in [1.54, 1.807) is 0 Å². The fraction of sp³-hybridized carbons (Fsp3) is 0. The molecule has 6 heteroatoms. The highest BCUT2D eigenvalue weighted by Gasteiger charge is 2.06. The van der Waals surface area contributed by atoms with Crippen LogP contribution >= 0.6 is 23.2 Å². The number of primary amides is 1. The Bertz CT molecular complexity index is 302. The minimum absolute atomic E-state index is 0.0236. The van der Waals surface area contributed by atoms with Gasteiger partial charge in [-0.3, -0.25) is 4.79 Å². The van der Waals surface area contributed by atoms with Crippen molar-refractivity contribution in [3.05, 3.63) is 22.2 Å². The molecule has 0 radical (unpaired) electrons. The van der Waals surface area contributed by atoms with Crippen LogP contribution in [0.5, 0.6) is 0 Å². The first kappa shape index (κ1) is 8.23. The Morgan fingerprint density at radius 2 is 2.18 bits per heavy atom. The van der Waals surface area contributed by atoms with Crippen LogP contribution in [-0.2, 0) is 0 Å². The molecule has 0 saturated heterocycles. The second-order valence-corrected chi connectivity index (χ2v) is 2.46. The Hall–Kier alpha value is -0.870. The number of nitrogens with two attached hydrogens (primary N) is 1. The van der Waals surface area contributed by atoms with Crippen molar-refractivity contribution in [1.29, 1.82) is 0 Å². The average Bonchev–Trinajstić information content (AvgIpc) is 1.94. The Morgan fingerprint density at radius 1 is 1.55 bits per heavy atom. The molecule has 0 aliphatic rings. The van der Waals surface area contributed by atoms with Crippen molar-refractivity contribution in [2.24, 2.45) is 5.73 Å². The summed E-state index contributed by atoms with van der Waals surface area (Å²) in [5.41, 5.74) is 4.87. The molecule has 0 bridgehead atoms. The lowest BCUT2D eigenvalue weighted by atomic mass is 10.5. The fourth-order valence-electron chi connectivity index (χ4n) is 0.465. The minimum atomic E-state index is -0.733. The highest BCUT2D eigenvalue weighted by Crippen LogP contribution is 2.16. The number of hydrogen-bond acceptors (Lipinski definition) is 3. The summed E-state index contributed by atoms with van der Waals surface area (Å²) in [6.07, 6.45) is 1.22. The molecule has 11 heavy (non-hydrogen) atoms. The third kappa shape index (κ3) is 1.78. The number of halogens is 2. The maximum Gasteiger partial charge on any atom is 0.286 e. The number of hydrogen-bond donors (Lipinski definition) is 1. The van der Waals surface area contributed by atoms with Gasteiger partial charge < -0.3 is 5.73 Å². The molecule has 0 saturated carbocycles. The van der Waals surface area contributed by atoms with Gasteiger partial charge in [0, 0.05) is 0 Å². The molecule has 0 aromatic carbocycles. The Morgan fingerprint density at radius 3 is 2.64 bits per heavy atom. The third-order valence-electron chi connectivity index (χ3n) is 0.922. The van der Waals surface area contributed by atoms with Gasteiger partial charge in [-0.2, -0.15) is 0 Å². The van der Waals surface area contributed by atoms with Crippen molar-refractivity contribution in [1.82, 2.24) is 9.97 Å². The minimum Gasteiger partial charge on any atom is -0.363 e.